The molecule has 0 heterocycles. The van der Waals surface area contributed by atoms with Crippen LogP contribution in [0.2, 0.25) is 0 Å². The molecule has 1 aromatic rings. The summed E-state index contributed by atoms with van der Waals surface area (Å²) in [5, 5.41) is 0. The molecule has 1 atom stereocenters. The minimum Gasteiger partial charge on any atom is -0.299 e. The normalized spacial score (nSPS) is 21.6. The van der Waals surface area contributed by atoms with Crippen molar-refractivity contribution in [3.05, 3.63) is 30.1 Å². The fourth-order valence-electron chi connectivity index (χ4n) is 1.90. The molecule has 1 unspecified atom stereocenters. The van der Waals surface area contributed by atoms with Gasteiger partial charge in [-0.3, -0.25) is 9.79 Å². The van der Waals surface area contributed by atoms with Gasteiger partial charge in [-0.05, 0) is 31.0 Å². The molecule has 0 saturated heterocycles. The van der Waals surface area contributed by atoms with E-state index in [2.05, 4.69) is 4.99 Å². The Kier molecular flexibility index (Phi) is 3.44. The molecular formula is C13H14FNO. The van der Waals surface area contributed by atoms with E-state index in [0.717, 1.165) is 19.3 Å². The zero-order valence-electron chi connectivity index (χ0n) is 9.03. The van der Waals surface area contributed by atoms with Crippen molar-refractivity contribution in [2.24, 2.45) is 10.9 Å². The minimum absolute atomic E-state index is 0.0722. The lowest BCUT2D eigenvalue weighted by atomic mass is 9.89. The first-order chi connectivity index (χ1) is 7.75. The third kappa shape index (κ3) is 2.75. The van der Waals surface area contributed by atoms with E-state index < -0.39 is 0 Å². The zero-order valence-corrected chi connectivity index (χ0v) is 9.03. The summed E-state index contributed by atoms with van der Waals surface area (Å²) in [7, 11) is 0. The highest BCUT2D eigenvalue weighted by Crippen LogP contribution is 2.20. The van der Waals surface area contributed by atoms with Crippen molar-refractivity contribution in [1.29, 1.82) is 0 Å². The zero-order chi connectivity index (χ0) is 11.4. The number of benzene rings is 1. The third-order valence-electron chi connectivity index (χ3n) is 2.81. The van der Waals surface area contributed by atoms with Crippen molar-refractivity contribution in [3.8, 4) is 0 Å². The van der Waals surface area contributed by atoms with Gasteiger partial charge in [0.1, 0.15) is 11.6 Å². The van der Waals surface area contributed by atoms with Crippen molar-refractivity contribution >= 4 is 17.7 Å². The maximum atomic E-state index is 12.9. The first-order valence-electron chi connectivity index (χ1n) is 5.58. The van der Waals surface area contributed by atoms with Crippen LogP contribution < -0.4 is 0 Å². The Hall–Kier alpha value is -1.51. The molecule has 0 amide bonds. The van der Waals surface area contributed by atoms with E-state index in [4.69, 9.17) is 0 Å². The molecule has 0 aliphatic heterocycles. The number of nitrogens with zero attached hydrogens (tertiary/aromatic N) is 1. The number of ketones is 1. The van der Waals surface area contributed by atoms with Gasteiger partial charge in [-0.1, -0.05) is 12.5 Å². The molecular weight excluding hydrogens is 205 g/mol. The second kappa shape index (κ2) is 5.01. The number of hydrogen-bond donors (Lipinski definition) is 0. The number of carbonyl (C=O) groups is 1. The highest BCUT2D eigenvalue weighted by atomic mass is 19.1. The Bertz CT molecular complexity index is 414. The molecule has 2 nitrogen and oxygen atoms in total. The van der Waals surface area contributed by atoms with Gasteiger partial charge in [-0.2, -0.15) is 0 Å². The van der Waals surface area contributed by atoms with Gasteiger partial charge in [0.05, 0.1) is 11.6 Å². The maximum absolute atomic E-state index is 12.9. The van der Waals surface area contributed by atoms with Crippen LogP contribution in [0.3, 0.4) is 0 Å². The van der Waals surface area contributed by atoms with Crippen LogP contribution >= 0.6 is 0 Å². The lowest BCUT2D eigenvalue weighted by Crippen LogP contribution is -2.19. The molecule has 2 rings (SSSR count). The topological polar surface area (TPSA) is 29.4 Å². The molecule has 0 N–H and O–H groups in total. The summed E-state index contributed by atoms with van der Waals surface area (Å²) in [6.45, 7) is 0. The summed E-state index contributed by atoms with van der Waals surface area (Å²) in [6, 6.07) is 6.09. The van der Waals surface area contributed by atoms with Gasteiger partial charge in [0.15, 0.2) is 0 Å². The summed E-state index contributed by atoms with van der Waals surface area (Å²) in [5.74, 6) is -0.118. The van der Waals surface area contributed by atoms with Crippen LogP contribution in [0.15, 0.2) is 29.3 Å². The van der Waals surface area contributed by atoms with Gasteiger partial charge in [-0.15, -0.1) is 0 Å². The Labute approximate surface area is 94.2 Å². The monoisotopic (exact) mass is 219 g/mol. The van der Waals surface area contributed by atoms with E-state index in [0.29, 0.717) is 12.1 Å². The highest BCUT2D eigenvalue weighted by molar-refractivity contribution is 5.95. The third-order valence-corrected chi connectivity index (χ3v) is 2.81. The lowest BCUT2D eigenvalue weighted by molar-refractivity contribution is -0.122. The first-order valence-corrected chi connectivity index (χ1v) is 5.58. The van der Waals surface area contributed by atoms with Crippen LogP contribution in [0.5, 0.6) is 0 Å². The Morgan fingerprint density at radius 1 is 1.38 bits per heavy atom. The van der Waals surface area contributed by atoms with Crippen molar-refractivity contribution < 1.29 is 9.18 Å². The van der Waals surface area contributed by atoms with E-state index >= 15 is 0 Å². The van der Waals surface area contributed by atoms with Crippen molar-refractivity contribution in [2.45, 2.75) is 25.7 Å². The number of rotatable bonds is 2. The molecule has 3 heteroatoms. The van der Waals surface area contributed by atoms with E-state index in [9.17, 15) is 9.18 Å². The number of hydrogen-bond acceptors (Lipinski definition) is 2. The van der Waals surface area contributed by atoms with Gasteiger partial charge < -0.3 is 0 Å². The SMILES string of the molecule is O=C1CCCCC1C=Nc1cccc(F)c1. The Balaban J connectivity index is 2.05. The average Bonchev–Trinajstić information content (AvgIpc) is 2.28. The van der Waals surface area contributed by atoms with Gasteiger partial charge in [-0.25, -0.2) is 4.39 Å². The standard InChI is InChI=1S/C13H14FNO/c14-11-5-3-6-12(8-11)15-9-10-4-1-2-7-13(10)16/h3,5-6,8-10H,1-2,4,7H2. The molecule has 1 fully saturated rings. The van der Waals surface area contributed by atoms with Crippen LogP contribution in [0.1, 0.15) is 25.7 Å². The summed E-state index contributed by atoms with van der Waals surface area (Å²) in [4.78, 5) is 15.7. The molecule has 0 aromatic heterocycles. The number of aliphatic imine (C=N–C) groups is 1. The summed E-state index contributed by atoms with van der Waals surface area (Å²) >= 11 is 0. The fraction of sp³-hybridized carbons (Fsp3) is 0.385. The van der Waals surface area contributed by atoms with E-state index in [1.54, 1.807) is 18.3 Å². The van der Waals surface area contributed by atoms with E-state index in [1.807, 2.05) is 0 Å². The van der Waals surface area contributed by atoms with Crippen molar-refractivity contribution in [1.82, 2.24) is 0 Å². The quantitative estimate of drug-likeness (QED) is 0.702. The smallest absolute Gasteiger partial charge is 0.141 e. The van der Waals surface area contributed by atoms with E-state index in [1.165, 1.54) is 12.1 Å². The molecule has 16 heavy (non-hydrogen) atoms. The summed E-state index contributed by atoms with van der Waals surface area (Å²) < 4.78 is 12.9. The molecule has 1 saturated carbocycles. The molecule has 1 aliphatic carbocycles. The molecule has 0 spiro atoms. The van der Waals surface area contributed by atoms with Crippen molar-refractivity contribution in [2.75, 3.05) is 0 Å². The van der Waals surface area contributed by atoms with Gasteiger partial charge in [0, 0.05) is 12.6 Å². The van der Waals surface area contributed by atoms with Gasteiger partial charge >= 0.3 is 0 Å². The minimum atomic E-state index is -0.301. The molecule has 0 radical (unpaired) electrons. The van der Waals surface area contributed by atoms with Crippen LogP contribution in [-0.4, -0.2) is 12.0 Å². The average molecular weight is 219 g/mol. The maximum Gasteiger partial charge on any atom is 0.141 e. The van der Waals surface area contributed by atoms with Gasteiger partial charge in [0.25, 0.3) is 0 Å². The summed E-state index contributed by atoms with van der Waals surface area (Å²) in [6.07, 6.45) is 5.25. The number of Topliss-reactive ketones (excluding diaryl/α,β-unsaturated/α-hetero) is 1. The first kappa shape index (κ1) is 11.0. The van der Waals surface area contributed by atoms with Crippen LogP contribution in [0.4, 0.5) is 10.1 Å². The van der Waals surface area contributed by atoms with Gasteiger partial charge in [0.2, 0.25) is 0 Å². The largest absolute Gasteiger partial charge is 0.299 e. The Morgan fingerprint density at radius 3 is 3.00 bits per heavy atom. The second-order valence-electron chi connectivity index (χ2n) is 4.08. The van der Waals surface area contributed by atoms with Crippen molar-refractivity contribution in [3.63, 3.8) is 0 Å². The fourth-order valence-corrected chi connectivity index (χ4v) is 1.90. The summed E-state index contributed by atoms with van der Waals surface area (Å²) in [5.41, 5.74) is 0.568. The number of carbonyl (C=O) groups excluding carboxylic acids is 1. The second-order valence-corrected chi connectivity index (χ2v) is 4.08. The number of halogens is 1. The van der Waals surface area contributed by atoms with Crippen LogP contribution in [-0.2, 0) is 4.79 Å². The predicted octanol–water partition coefficient (Wildman–Crippen LogP) is 3.29. The molecule has 84 valence electrons. The van der Waals surface area contributed by atoms with E-state index in [-0.39, 0.29) is 17.5 Å². The Morgan fingerprint density at radius 2 is 2.25 bits per heavy atom. The molecule has 1 aliphatic rings. The lowest BCUT2D eigenvalue weighted by Gasteiger charge is -2.15. The highest BCUT2D eigenvalue weighted by Gasteiger charge is 2.19. The van der Waals surface area contributed by atoms with Crippen LogP contribution in [0, 0.1) is 11.7 Å². The molecule has 1 aromatic carbocycles. The molecule has 0 bridgehead atoms. The predicted molar refractivity (Wildman–Crippen MR) is 61.5 cm³/mol. The van der Waals surface area contributed by atoms with Crippen LogP contribution in [0.25, 0.3) is 0 Å².